The number of fused-ring (bicyclic) bond motifs is 1. The van der Waals surface area contributed by atoms with Crippen molar-refractivity contribution in [1.29, 1.82) is 0 Å². The molecule has 0 spiro atoms. The Balaban J connectivity index is 2.03. The van der Waals surface area contributed by atoms with Gasteiger partial charge in [0.05, 0.1) is 6.61 Å². The van der Waals surface area contributed by atoms with Crippen LogP contribution in [-0.2, 0) is 6.42 Å². The lowest BCUT2D eigenvalue weighted by Gasteiger charge is -2.18. The van der Waals surface area contributed by atoms with E-state index in [2.05, 4.69) is 39.0 Å². The molecule has 1 heterocycles. The quantitative estimate of drug-likeness (QED) is 0.901. The first-order valence-electron chi connectivity index (χ1n) is 7.07. The Morgan fingerprint density at radius 1 is 1.05 bits per heavy atom. The Morgan fingerprint density at radius 3 is 2.45 bits per heavy atom. The minimum Gasteiger partial charge on any atom is -0.493 e. The first-order valence-corrected chi connectivity index (χ1v) is 7.07. The van der Waals surface area contributed by atoms with Crippen LogP contribution in [0.4, 0.5) is 0 Å². The molecule has 0 amide bonds. The molecule has 2 aromatic carbocycles. The minimum atomic E-state index is -0.568. The van der Waals surface area contributed by atoms with Crippen LogP contribution in [0.1, 0.15) is 39.5 Å². The number of ether oxygens (including phenoxy) is 1. The monoisotopic (exact) mass is 268 g/mol. The number of aliphatic hydroxyl groups excluding tert-OH is 1. The molecule has 0 saturated heterocycles. The summed E-state index contributed by atoms with van der Waals surface area (Å²) >= 11 is 0. The third-order valence-corrected chi connectivity index (χ3v) is 4.04. The summed E-state index contributed by atoms with van der Waals surface area (Å²) in [5.41, 5.74) is 6.69. The van der Waals surface area contributed by atoms with E-state index < -0.39 is 6.10 Å². The molecule has 2 aromatic rings. The molecule has 0 radical (unpaired) electrons. The Morgan fingerprint density at radius 2 is 1.75 bits per heavy atom. The smallest absolute Gasteiger partial charge is 0.122 e. The Hall–Kier alpha value is -1.80. The lowest BCUT2D eigenvalue weighted by atomic mass is 9.91. The number of benzene rings is 2. The highest BCUT2D eigenvalue weighted by atomic mass is 16.5. The molecule has 0 fully saturated rings. The summed E-state index contributed by atoms with van der Waals surface area (Å²) in [6, 6.07) is 10.3. The van der Waals surface area contributed by atoms with Gasteiger partial charge in [0.1, 0.15) is 11.9 Å². The van der Waals surface area contributed by atoms with E-state index in [9.17, 15) is 5.11 Å². The second-order valence-electron chi connectivity index (χ2n) is 5.68. The lowest BCUT2D eigenvalue weighted by Crippen LogP contribution is -2.05. The molecular formula is C18H20O2. The molecule has 0 aliphatic carbocycles. The summed E-state index contributed by atoms with van der Waals surface area (Å²) in [6.45, 7) is 6.96. The van der Waals surface area contributed by atoms with Crippen LogP contribution in [0.15, 0.2) is 30.3 Å². The second-order valence-corrected chi connectivity index (χ2v) is 5.68. The van der Waals surface area contributed by atoms with Gasteiger partial charge in [-0.05, 0) is 60.7 Å². The van der Waals surface area contributed by atoms with Gasteiger partial charge in [0.2, 0.25) is 0 Å². The Kier molecular flexibility index (Phi) is 3.27. The van der Waals surface area contributed by atoms with Crippen molar-refractivity contribution in [1.82, 2.24) is 0 Å². The highest BCUT2D eigenvalue weighted by Crippen LogP contribution is 2.33. The van der Waals surface area contributed by atoms with Crippen molar-refractivity contribution in [3.63, 3.8) is 0 Å². The summed E-state index contributed by atoms with van der Waals surface area (Å²) in [4.78, 5) is 0. The molecule has 1 unspecified atom stereocenters. The zero-order valence-electron chi connectivity index (χ0n) is 12.2. The standard InChI is InChI=1S/C18H20O2/c1-11-8-12(2)17(13(3)9-11)18(19)15-4-5-16-14(10-15)6-7-20-16/h4-5,8-10,18-19H,6-7H2,1-3H3. The number of aliphatic hydroxyl groups is 1. The normalized spacial score (nSPS) is 14.8. The largest absolute Gasteiger partial charge is 0.493 e. The molecule has 0 saturated carbocycles. The molecule has 2 nitrogen and oxygen atoms in total. The topological polar surface area (TPSA) is 29.5 Å². The van der Waals surface area contributed by atoms with Crippen molar-refractivity contribution in [3.8, 4) is 5.75 Å². The fourth-order valence-corrected chi connectivity index (χ4v) is 3.17. The highest BCUT2D eigenvalue weighted by molar-refractivity contribution is 5.46. The van der Waals surface area contributed by atoms with E-state index in [1.54, 1.807) is 0 Å². The van der Waals surface area contributed by atoms with Gasteiger partial charge in [0, 0.05) is 6.42 Å². The predicted molar refractivity (Wildman–Crippen MR) is 80.4 cm³/mol. The van der Waals surface area contributed by atoms with Crippen LogP contribution in [0.25, 0.3) is 0 Å². The molecule has 20 heavy (non-hydrogen) atoms. The molecule has 1 N–H and O–H groups in total. The van der Waals surface area contributed by atoms with E-state index in [0.717, 1.165) is 41.0 Å². The van der Waals surface area contributed by atoms with Crippen LogP contribution in [0.5, 0.6) is 5.75 Å². The van der Waals surface area contributed by atoms with Gasteiger partial charge < -0.3 is 9.84 Å². The van der Waals surface area contributed by atoms with Crippen LogP contribution < -0.4 is 4.74 Å². The number of aryl methyl sites for hydroxylation is 3. The van der Waals surface area contributed by atoms with Crippen molar-refractivity contribution < 1.29 is 9.84 Å². The summed E-state index contributed by atoms with van der Waals surface area (Å²) in [5.74, 6) is 0.957. The molecule has 0 bridgehead atoms. The van der Waals surface area contributed by atoms with Gasteiger partial charge >= 0.3 is 0 Å². The van der Waals surface area contributed by atoms with E-state index in [4.69, 9.17) is 4.74 Å². The highest BCUT2D eigenvalue weighted by Gasteiger charge is 2.19. The summed E-state index contributed by atoms with van der Waals surface area (Å²) in [7, 11) is 0. The number of rotatable bonds is 2. The summed E-state index contributed by atoms with van der Waals surface area (Å²) < 4.78 is 5.52. The molecule has 2 heteroatoms. The molecule has 0 aromatic heterocycles. The maximum atomic E-state index is 10.7. The van der Waals surface area contributed by atoms with Crippen molar-refractivity contribution in [3.05, 3.63) is 63.7 Å². The molecule has 3 rings (SSSR count). The van der Waals surface area contributed by atoms with Crippen molar-refractivity contribution >= 4 is 0 Å². The SMILES string of the molecule is Cc1cc(C)c(C(O)c2ccc3c(c2)CCO3)c(C)c1. The van der Waals surface area contributed by atoms with Gasteiger partial charge in [-0.15, -0.1) is 0 Å². The van der Waals surface area contributed by atoms with Crippen LogP contribution in [-0.4, -0.2) is 11.7 Å². The number of hydrogen-bond donors (Lipinski definition) is 1. The van der Waals surface area contributed by atoms with Crippen LogP contribution in [0.2, 0.25) is 0 Å². The van der Waals surface area contributed by atoms with Crippen molar-refractivity contribution in [2.45, 2.75) is 33.3 Å². The third kappa shape index (κ3) is 2.20. The van der Waals surface area contributed by atoms with E-state index in [1.807, 2.05) is 12.1 Å². The summed E-state index contributed by atoms with van der Waals surface area (Å²) in [5, 5.41) is 10.7. The lowest BCUT2D eigenvalue weighted by molar-refractivity contribution is 0.218. The summed E-state index contributed by atoms with van der Waals surface area (Å²) in [6.07, 6.45) is 0.364. The van der Waals surface area contributed by atoms with Crippen molar-refractivity contribution in [2.24, 2.45) is 0 Å². The molecule has 1 aliphatic rings. The maximum absolute atomic E-state index is 10.7. The van der Waals surface area contributed by atoms with E-state index in [1.165, 1.54) is 11.1 Å². The third-order valence-electron chi connectivity index (χ3n) is 4.04. The first kappa shape index (κ1) is 13.2. The van der Waals surface area contributed by atoms with E-state index in [0.29, 0.717) is 0 Å². The van der Waals surface area contributed by atoms with Gasteiger partial charge in [-0.2, -0.15) is 0 Å². The van der Waals surface area contributed by atoms with Crippen LogP contribution >= 0.6 is 0 Å². The average molecular weight is 268 g/mol. The predicted octanol–water partition coefficient (Wildman–Crippen LogP) is 3.63. The molecule has 104 valence electrons. The van der Waals surface area contributed by atoms with Gasteiger partial charge in [-0.25, -0.2) is 0 Å². The zero-order valence-corrected chi connectivity index (χ0v) is 12.2. The maximum Gasteiger partial charge on any atom is 0.122 e. The van der Waals surface area contributed by atoms with Gasteiger partial charge in [0.15, 0.2) is 0 Å². The first-order chi connectivity index (χ1) is 9.56. The van der Waals surface area contributed by atoms with E-state index >= 15 is 0 Å². The fraction of sp³-hybridized carbons (Fsp3) is 0.333. The van der Waals surface area contributed by atoms with Crippen molar-refractivity contribution in [2.75, 3.05) is 6.61 Å². The van der Waals surface area contributed by atoms with Gasteiger partial charge in [-0.3, -0.25) is 0 Å². The molecule has 1 atom stereocenters. The average Bonchev–Trinajstić information content (AvgIpc) is 2.84. The zero-order chi connectivity index (χ0) is 14.3. The van der Waals surface area contributed by atoms with Gasteiger partial charge in [-0.1, -0.05) is 23.8 Å². The Bertz CT molecular complexity index is 635. The van der Waals surface area contributed by atoms with Crippen LogP contribution in [0, 0.1) is 20.8 Å². The fourth-order valence-electron chi connectivity index (χ4n) is 3.17. The molecular weight excluding hydrogens is 248 g/mol. The second kappa shape index (κ2) is 4.95. The van der Waals surface area contributed by atoms with E-state index in [-0.39, 0.29) is 0 Å². The minimum absolute atomic E-state index is 0.568. The molecule has 1 aliphatic heterocycles. The Labute approximate surface area is 120 Å². The number of hydrogen-bond acceptors (Lipinski definition) is 2. The van der Waals surface area contributed by atoms with Crippen LogP contribution in [0.3, 0.4) is 0 Å². The van der Waals surface area contributed by atoms with Gasteiger partial charge in [0.25, 0.3) is 0 Å².